The molecule has 7 heteroatoms. The molecule has 4 rings (SSSR count). The quantitative estimate of drug-likeness (QED) is 0.906. The highest BCUT2D eigenvalue weighted by Crippen LogP contribution is 2.38. The van der Waals surface area contributed by atoms with Crippen molar-refractivity contribution < 1.29 is 14.3 Å². The van der Waals surface area contributed by atoms with Gasteiger partial charge in [0, 0.05) is 26.2 Å². The van der Waals surface area contributed by atoms with Gasteiger partial charge >= 0.3 is 0 Å². The van der Waals surface area contributed by atoms with E-state index in [1.807, 2.05) is 40.6 Å². The maximum atomic E-state index is 12.4. The average molecular weight is 343 g/mol. The summed E-state index contributed by atoms with van der Waals surface area (Å²) in [6.07, 6.45) is 0. The van der Waals surface area contributed by atoms with Crippen LogP contribution in [0.25, 0.3) is 0 Å². The molecule has 1 N–H and O–H groups in total. The Morgan fingerprint density at radius 3 is 2.71 bits per heavy atom. The molecule has 1 aromatic heterocycles. The van der Waals surface area contributed by atoms with Crippen molar-refractivity contribution in [3.63, 3.8) is 0 Å². The van der Waals surface area contributed by atoms with Crippen LogP contribution >= 0.6 is 11.3 Å². The largest absolute Gasteiger partial charge is 0.479 e. The second-order valence-corrected chi connectivity index (χ2v) is 6.69. The molecule has 0 aliphatic carbocycles. The van der Waals surface area contributed by atoms with Gasteiger partial charge in [-0.1, -0.05) is 12.1 Å². The minimum Gasteiger partial charge on any atom is -0.479 e. The molecule has 0 spiro atoms. The zero-order valence-electron chi connectivity index (χ0n) is 13.0. The third-order valence-corrected chi connectivity index (χ3v) is 5.11. The summed E-state index contributed by atoms with van der Waals surface area (Å²) in [6, 6.07) is 9.51. The first kappa shape index (κ1) is 15.0. The Labute approximate surface area is 143 Å². The summed E-state index contributed by atoms with van der Waals surface area (Å²) >= 11 is 1.48. The Morgan fingerprint density at radius 1 is 1.12 bits per heavy atom. The molecule has 1 fully saturated rings. The lowest BCUT2D eigenvalue weighted by atomic mass is 10.2. The third-order valence-electron chi connectivity index (χ3n) is 4.26. The fraction of sp³-hybridized carbons (Fsp3) is 0.294. The number of para-hydroxylation sites is 1. The molecule has 0 atom stereocenters. The number of thiophene rings is 1. The molecular formula is C17H17N3O3S. The summed E-state index contributed by atoms with van der Waals surface area (Å²) in [5, 5.41) is 4.75. The zero-order valence-corrected chi connectivity index (χ0v) is 13.8. The third kappa shape index (κ3) is 2.71. The average Bonchev–Trinajstić information content (AvgIpc) is 3.15. The number of carbonyl (C=O) groups excluding carboxylic acids is 2. The number of benzene rings is 1. The molecule has 3 heterocycles. The Morgan fingerprint density at radius 2 is 1.96 bits per heavy atom. The van der Waals surface area contributed by atoms with Crippen LogP contribution in [0.3, 0.4) is 0 Å². The van der Waals surface area contributed by atoms with Crippen molar-refractivity contribution in [3.8, 4) is 5.75 Å². The summed E-state index contributed by atoms with van der Waals surface area (Å²) in [7, 11) is 0. The van der Waals surface area contributed by atoms with Crippen molar-refractivity contribution >= 4 is 34.5 Å². The SMILES string of the molecule is O=C1COc2c(cccc2N2CCN(C(=O)c3cccs3)CC2)N1. The van der Waals surface area contributed by atoms with Gasteiger partial charge < -0.3 is 19.9 Å². The standard InChI is InChI=1S/C17H17N3O3S/c21-15-11-23-16-12(18-15)3-1-4-13(16)19-6-8-20(9-7-19)17(22)14-5-2-10-24-14/h1-5,10H,6-9,11H2,(H,18,21). The van der Waals surface area contributed by atoms with Crippen LogP contribution in [-0.4, -0.2) is 49.5 Å². The first-order valence-electron chi connectivity index (χ1n) is 7.86. The van der Waals surface area contributed by atoms with Crippen LogP contribution in [0.1, 0.15) is 9.67 Å². The molecule has 2 amide bonds. The van der Waals surface area contributed by atoms with Crippen LogP contribution in [0.2, 0.25) is 0 Å². The fourth-order valence-electron chi connectivity index (χ4n) is 3.05. The van der Waals surface area contributed by atoms with E-state index in [1.54, 1.807) is 0 Å². The monoisotopic (exact) mass is 343 g/mol. The smallest absolute Gasteiger partial charge is 0.264 e. The number of rotatable bonds is 2. The van der Waals surface area contributed by atoms with E-state index >= 15 is 0 Å². The Balaban J connectivity index is 1.48. The van der Waals surface area contributed by atoms with Crippen LogP contribution < -0.4 is 15.0 Å². The summed E-state index contributed by atoms with van der Waals surface area (Å²) < 4.78 is 5.62. The lowest BCUT2D eigenvalue weighted by molar-refractivity contribution is -0.118. The minimum atomic E-state index is -0.133. The number of anilines is 2. The van der Waals surface area contributed by atoms with E-state index in [0.717, 1.165) is 29.4 Å². The molecule has 1 aromatic carbocycles. The van der Waals surface area contributed by atoms with Crippen LogP contribution in [0.15, 0.2) is 35.7 Å². The maximum Gasteiger partial charge on any atom is 0.264 e. The number of nitrogens with zero attached hydrogens (tertiary/aromatic N) is 2. The molecular weight excluding hydrogens is 326 g/mol. The molecule has 0 saturated carbocycles. The van der Waals surface area contributed by atoms with Crippen molar-refractivity contribution in [3.05, 3.63) is 40.6 Å². The van der Waals surface area contributed by atoms with E-state index in [0.29, 0.717) is 18.8 Å². The number of hydrogen-bond acceptors (Lipinski definition) is 5. The molecule has 124 valence electrons. The van der Waals surface area contributed by atoms with Gasteiger partial charge in [0.2, 0.25) is 0 Å². The van der Waals surface area contributed by atoms with Gasteiger partial charge in [0.1, 0.15) is 0 Å². The highest BCUT2D eigenvalue weighted by atomic mass is 32.1. The lowest BCUT2D eigenvalue weighted by Crippen LogP contribution is -2.48. The first-order valence-corrected chi connectivity index (χ1v) is 8.74. The summed E-state index contributed by atoms with van der Waals surface area (Å²) in [4.78, 5) is 28.7. The van der Waals surface area contributed by atoms with E-state index in [2.05, 4.69) is 10.2 Å². The molecule has 6 nitrogen and oxygen atoms in total. The maximum absolute atomic E-state index is 12.4. The van der Waals surface area contributed by atoms with E-state index in [-0.39, 0.29) is 18.4 Å². The number of ether oxygens (including phenoxy) is 1. The predicted octanol–water partition coefficient (Wildman–Crippen LogP) is 2.04. The van der Waals surface area contributed by atoms with Crippen molar-refractivity contribution in [2.75, 3.05) is 43.0 Å². The minimum absolute atomic E-state index is 0.0425. The van der Waals surface area contributed by atoms with Crippen LogP contribution in [0, 0.1) is 0 Å². The Hall–Kier alpha value is -2.54. The molecule has 2 aromatic rings. The second kappa shape index (κ2) is 6.16. The van der Waals surface area contributed by atoms with E-state index in [9.17, 15) is 9.59 Å². The molecule has 0 bridgehead atoms. The number of hydrogen-bond donors (Lipinski definition) is 1. The van der Waals surface area contributed by atoms with Gasteiger partial charge in [0.25, 0.3) is 11.8 Å². The number of nitrogens with one attached hydrogen (secondary N) is 1. The molecule has 0 unspecified atom stereocenters. The van der Waals surface area contributed by atoms with E-state index in [1.165, 1.54) is 11.3 Å². The number of carbonyl (C=O) groups is 2. The number of piperazine rings is 1. The second-order valence-electron chi connectivity index (χ2n) is 5.75. The Bertz CT molecular complexity index is 767. The molecule has 1 saturated heterocycles. The van der Waals surface area contributed by atoms with Crippen molar-refractivity contribution in [1.82, 2.24) is 4.90 Å². The van der Waals surface area contributed by atoms with Gasteiger partial charge in [-0.3, -0.25) is 9.59 Å². The summed E-state index contributed by atoms with van der Waals surface area (Å²) in [6.45, 7) is 2.87. The predicted molar refractivity (Wildman–Crippen MR) is 93.0 cm³/mol. The van der Waals surface area contributed by atoms with Gasteiger partial charge in [0.15, 0.2) is 12.4 Å². The molecule has 2 aliphatic rings. The first-order chi connectivity index (χ1) is 11.7. The molecule has 24 heavy (non-hydrogen) atoms. The molecule has 0 radical (unpaired) electrons. The van der Waals surface area contributed by atoms with Gasteiger partial charge in [-0.25, -0.2) is 0 Å². The molecule has 2 aliphatic heterocycles. The summed E-state index contributed by atoms with van der Waals surface area (Å²) in [5.74, 6) is 0.685. The van der Waals surface area contributed by atoms with Crippen molar-refractivity contribution in [2.45, 2.75) is 0 Å². The number of amides is 2. The van der Waals surface area contributed by atoms with Gasteiger partial charge in [-0.05, 0) is 23.6 Å². The highest BCUT2D eigenvalue weighted by Gasteiger charge is 2.26. The zero-order chi connectivity index (χ0) is 16.5. The number of fused-ring (bicyclic) bond motifs is 1. The van der Waals surface area contributed by atoms with Crippen LogP contribution in [0.5, 0.6) is 5.75 Å². The van der Waals surface area contributed by atoms with Crippen molar-refractivity contribution in [2.24, 2.45) is 0 Å². The summed E-state index contributed by atoms with van der Waals surface area (Å²) in [5.41, 5.74) is 1.68. The normalized spacial score (nSPS) is 17.1. The lowest BCUT2D eigenvalue weighted by Gasteiger charge is -2.37. The van der Waals surface area contributed by atoms with E-state index < -0.39 is 0 Å². The fourth-order valence-corrected chi connectivity index (χ4v) is 3.75. The highest BCUT2D eigenvalue weighted by molar-refractivity contribution is 7.12. The Kier molecular flexibility index (Phi) is 3.86. The van der Waals surface area contributed by atoms with Gasteiger partial charge in [-0.2, -0.15) is 0 Å². The van der Waals surface area contributed by atoms with Gasteiger partial charge in [-0.15, -0.1) is 11.3 Å². The van der Waals surface area contributed by atoms with Crippen LogP contribution in [-0.2, 0) is 4.79 Å². The van der Waals surface area contributed by atoms with Crippen LogP contribution in [0.4, 0.5) is 11.4 Å². The van der Waals surface area contributed by atoms with Gasteiger partial charge in [0.05, 0.1) is 16.3 Å². The topological polar surface area (TPSA) is 61.9 Å². The van der Waals surface area contributed by atoms with Crippen molar-refractivity contribution in [1.29, 1.82) is 0 Å². The van der Waals surface area contributed by atoms with E-state index in [4.69, 9.17) is 4.74 Å².